The number of benzene rings is 1. The fourth-order valence-corrected chi connectivity index (χ4v) is 0.798. The summed E-state index contributed by atoms with van der Waals surface area (Å²) >= 11 is 0. The van der Waals surface area contributed by atoms with Gasteiger partial charge < -0.3 is 0 Å². The Morgan fingerprint density at radius 3 is 2.75 bits per heavy atom. The Hall–Kier alpha value is -1.40. The predicted molar refractivity (Wildman–Crippen MR) is 44.6 cm³/mol. The quantitative estimate of drug-likeness (QED) is 0.562. The zero-order chi connectivity index (χ0) is 8.97. The zero-order valence-corrected chi connectivity index (χ0v) is 6.64. The summed E-state index contributed by atoms with van der Waals surface area (Å²) in [7, 11) is 0. The molecule has 12 heavy (non-hydrogen) atoms. The van der Waals surface area contributed by atoms with Crippen molar-refractivity contribution in [1.29, 1.82) is 0 Å². The van der Waals surface area contributed by atoms with E-state index >= 15 is 0 Å². The maximum absolute atomic E-state index is 12.8. The first-order valence-electron chi connectivity index (χ1n) is 3.56. The molecule has 2 heteroatoms. The van der Waals surface area contributed by atoms with Gasteiger partial charge in [-0.05, 0) is 37.3 Å². The predicted octanol–water partition coefficient (Wildman–Crippen LogP) is 3.15. The second kappa shape index (κ2) is 3.84. The van der Waals surface area contributed by atoms with Gasteiger partial charge in [-0.3, -0.25) is 0 Å². The third-order valence-electron chi connectivity index (χ3n) is 1.36. The van der Waals surface area contributed by atoms with Gasteiger partial charge in [0.15, 0.2) is 0 Å². The van der Waals surface area contributed by atoms with Gasteiger partial charge in [0, 0.05) is 5.56 Å². The van der Waals surface area contributed by atoms with E-state index in [2.05, 4.69) is 5.73 Å². The summed E-state index contributed by atoms with van der Waals surface area (Å²) in [6, 6.07) is 3.31. The summed E-state index contributed by atoms with van der Waals surface area (Å²) in [5.74, 6) is -0.883. The molecule has 0 nitrogen and oxygen atoms in total. The van der Waals surface area contributed by atoms with Crippen molar-refractivity contribution in [2.24, 2.45) is 0 Å². The van der Waals surface area contributed by atoms with Gasteiger partial charge in [-0.15, -0.1) is 5.73 Å². The van der Waals surface area contributed by atoms with Crippen molar-refractivity contribution < 1.29 is 8.78 Å². The molecule has 0 heterocycles. The summed E-state index contributed by atoms with van der Waals surface area (Å²) in [5, 5.41) is 0. The second-order valence-corrected chi connectivity index (χ2v) is 2.27. The summed E-state index contributed by atoms with van der Waals surface area (Å²) in [6.07, 6.45) is 3.03. The van der Waals surface area contributed by atoms with Crippen molar-refractivity contribution in [3.8, 4) is 0 Å². The van der Waals surface area contributed by atoms with E-state index in [4.69, 9.17) is 0 Å². The molecule has 0 atom stereocenters. The molecule has 0 fully saturated rings. The van der Waals surface area contributed by atoms with Gasteiger partial charge in [0.1, 0.15) is 11.6 Å². The van der Waals surface area contributed by atoms with Gasteiger partial charge in [-0.1, -0.05) is 0 Å². The van der Waals surface area contributed by atoms with Crippen LogP contribution in [0.2, 0.25) is 0 Å². The van der Waals surface area contributed by atoms with Gasteiger partial charge in [0.25, 0.3) is 0 Å². The number of halogens is 2. The molecular formula is C10H8F2. The van der Waals surface area contributed by atoms with Crippen LogP contribution in [0, 0.1) is 11.6 Å². The summed E-state index contributed by atoms with van der Waals surface area (Å²) < 4.78 is 25.4. The Kier molecular flexibility index (Phi) is 2.78. The molecule has 1 aromatic carbocycles. The van der Waals surface area contributed by atoms with Crippen LogP contribution in [0.3, 0.4) is 0 Å². The maximum Gasteiger partial charge on any atom is 0.131 e. The molecule has 0 saturated carbocycles. The van der Waals surface area contributed by atoms with E-state index < -0.39 is 11.6 Å². The van der Waals surface area contributed by atoms with Crippen LogP contribution in [0.5, 0.6) is 0 Å². The Balaban J connectivity index is 3.14. The Morgan fingerprint density at radius 1 is 1.33 bits per heavy atom. The third-order valence-corrected chi connectivity index (χ3v) is 1.36. The molecule has 0 aliphatic rings. The monoisotopic (exact) mass is 166 g/mol. The van der Waals surface area contributed by atoms with E-state index in [-0.39, 0.29) is 5.56 Å². The lowest BCUT2D eigenvalue weighted by Crippen LogP contribution is -1.82. The molecule has 0 bridgehead atoms. The summed E-state index contributed by atoms with van der Waals surface area (Å²) in [4.78, 5) is 0. The Morgan fingerprint density at radius 2 is 2.08 bits per heavy atom. The number of hydrogen-bond donors (Lipinski definition) is 0. The Labute approximate surface area is 69.8 Å². The molecule has 0 saturated heterocycles. The first kappa shape index (κ1) is 8.69. The average molecular weight is 166 g/mol. The molecule has 0 N–H and O–H groups in total. The van der Waals surface area contributed by atoms with Crippen LogP contribution in [0.1, 0.15) is 12.5 Å². The van der Waals surface area contributed by atoms with E-state index in [9.17, 15) is 8.78 Å². The lowest BCUT2D eigenvalue weighted by Gasteiger charge is -1.93. The van der Waals surface area contributed by atoms with Crippen molar-refractivity contribution >= 4 is 6.08 Å². The van der Waals surface area contributed by atoms with E-state index in [0.29, 0.717) is 0 Å². The third kappa shape index (κ3) is 2.04. The van der Waals surface area contributed by atoms with Crippen molar-refractivity contribution in [3.05, 3.63) is 47.2 Å². The molecule has 0 amide bonds. The molecule has 62 valence electrons. The highest BCUT2D eigenvalue weighted by atomic mass is 19.1. The first-order valence-corrected chi connectivity index (χ1v) is 3.56. The van der Waals surface area contributed by atoms with Crippen LogP contribution in [0.4, 0.5) is 8.78 Å². The van der Waals surface area contributed by atoms with E-state index in [1.165, 1.54) is 6.08 Å². The SMILES string of the molecule is CC=C=Cc1cc(F)ccc1F. The standard InChI is InChI=1S/C10H8F2/c1-2-3-4-8-7-9(11)5-6-10(8)12/h2,4-7H,1H3. The van der Waals surface area contributed by atoms with Crippen LogP contribution in [-0.2, 0) is 0 Å². The largest absolute Gasteiger partial charge is 0.207 e. The molecule has 0 aromatic heterocycles. The number of hydrogen-bond acceptors (Lipinski definition) is 0. The summed E-state index contributed by atoms with van der Waals surface area (Å²) in [6.45, 7) is 1.76. The highest BCUT2D eigenvalue weighted by Crippen LogP contribution is 2.10. The minimum absolute atomic E-state index is 0.216. The van der Waals surface area contributed by atoms with Crippen LogP contribution < -0.4 is 0 Å². The lowest BCUT2D eigenvalue weighted by molar-refractivity contribution is 0.598. The lowest BCUT2D eigenvalue weighted by atomic mass is 10.2. The van der Waals surface area contributed by atoms with Crippen LogP contribution in [-0.4, -0.2) is 0 Å². The van der Waals surface area contributed by atoms with Crippen LogP contribution in [0.15, 0.2) is 30.0 Å². The smallest absolute Gasteiger partial charge is 0.131 e. The number of allylic oxidation sites excluding steroid dienone is 1. The van der Waals surface area contributed by atoms with Gasteiger partial charge in [0.2, 0.25) is 0 Å². The highest BCUT2D eigenvalue weighted by Gasteiger charge is 1.98. The van der Waals surface area contributed by atoms with Gasteiger partial charge in [0.05, 0.1) is 0 Å². The topological polar surface area (TPSA) is 0 Å². The summed E-state index contributed by atoms with van der Waals surface area (Å²) in [5.41, 5.74) is 2.89. The molecule has 0 unspecified atom stereocenters. The molecule has 0 spiro atoms. The van der Waals surface area contributed by atoms with Crippen LogP contribution >= 0.6 is 0 Å². The fraction of sp³-hybridized carbons (Fsp3) is 0.100. The van der Waals surface area contributed by atoms with Gasteiger partial charge >= 0.3 is 0 Å². The van der Waals surface area contributed by atoms with Crippen molar-refractivity contribution in [2.45, 2.75) is 6.92 Å². The molecule has 1 rings (SSSR count). The minimum atomic E-state index is -0.444. The maximum atomic E-state index is 12.8. The average Bonchev–Trinajstić information content (AvgIpc) is 2.07. The van der Waals surface area contributed by atoms with Gasteiger partial charge in [-0.25, -0.2) is 8.78 Å². The van der Waals surface area contributed by atoms with Gasteiger partial charge in [-0.2, -0.15) is 0 Å². The van der Waals surface area contributed by atoms with E-state index in [1.54, 1.807) is 13.0 Å². The molecule has 0 radical (unpaired) electrons. The minimum Gasteiger partial charge on any atom is -0.207 e. The normalized spacial score (nSPS) is 8.92. The number of rotatable bonds is 1. The molecule has 0 aliphatic carbocycles. The second-order valence-electron chi connectivity index (χ2n) is 2.27. The molecule has 1 aromatic rings. The Bertz CT molecular complexity index is 334. The fourth-order valence-electron chi connectivity index (χ4n) is 0.798. The highest BCUT2D eigenvalue weighted by molar-refractivity contribution is 5.49. The van der Waals surface area contributed by atoms with Crippen molar-refractivity contribution in [1.82, 2.24) is 0 Å². The molecule has 0 aliphatic heterocycles. The van der Waals surface area contributed by atoms with E-state index in [0.717, 1.165) is 18.2 Å². The van der Waals surface area contributed by atoms with Crippen LogP contribution in [0.25, 0.3) is 6.08 Å². The van der Waals surface area contributed by atoms with Crippen molar-refractivity contribution in [2.75, 3.05) is 0 Å². The van der Waals surface area contributed by atoms with Crippen molar-refractivity contribution in [3.63, 3.8) is 0 Å². The first-order chi connectivity index (χ1) is 5.74. The zero-order valence-electron chi connectivity index (χ0n) is 6.64. The molecular weight excluding hydrogens is 158 g/mol. The van der Waals surface area contributed by atoms with E-state index in [1.807, 2.05) is 0 Å².